The zero-order valence-electron chi connectivity index (χ0n) is 15.8. The summed E-state index contributed by atoms with van der Waals surface area (Å²) in [5.74, 6) is 2.91. The first kappa shape index (κ1) is 21.5. The quantitative estimate of drug-likeness (QED) is 0.233. The first-order chi connectivity index (χ1) is 15.3. The molecule has 2 heterocycles. The zero-order chi connectivity index (χ0) is 22.7. The Kier molecular flexibility index (Phi) is 5.87. The number of anilines is 1. The summed E-state index contributed by atoms with van der Waals surface area (Å²) in [5.41, 5.74) is 0.441. The van der Waals surface area contributed by atoms with Gasteiger partial charge >= 0.3 is 6.36 Å². The Bertz CT molecular complexity index is 1340. The van der Waals surface area contributed by atoms with Crippen LogP contribution in [0.5, 0.6) is 5.75 Å². The van der Waals surface area contributed by atoms with Crippen LogP contribution in [0, 0.1) is 23.5 Å². The molecule has 0 amide bonds. The van der Waals surface area contributed by atoms with Crippen LogP contribution < -0.4 is 9.46 Å². The van der Waals surface area contributed by atoms with Crippen molar-refractivity contribution < 1.29 is 26.7 Å². The number of pyridine rings is 1. The molecule has 2 aromatic heterocycles. The average molecular weight is 462 g/mol. The summed E-state index contributed by atoms with van der Waals surface area (Å²) in [6.45, 7) is 0. The second-order valence-electron chi connectivity index (χ2n) is 6.29. The lowest BCUT2D eigenvalue weighted by Crippen LogP contribution is -2.17. The molecule has 0 radical (unpaired) electrons. The van der Waals surface area contributed by atoms with Gasteiger partial charge in [0.15, 0.2) is 11.5 Å². The van der Waals surface area contributed by atoms with Crippen molar-refractivity contribution >= 4 is 28.7 Å². The number of benzene rings is 2. The molecular formula is C21H11F5N4OS. The normalized spacial score (nSPS) is 11.2. The number of fused-ring (bicyclic) bond motifs is 1. The third-order valence-corrected chi connectivity index (χ3v) is 4.84. The maximum absolute atomic E-state index is 14.8. The van der Waals surface area contributed by atoms with Crippen LogP contribution in [-0.2, 0) is 0 Å². The molecule has 32 heavy (non-hydrogen) atoms. The zero-order valence-corrected chi connectivity index (χ0v) is 16.6. The summed E-state index contributed by atoms with van der Waals surface area (Å²) in [6.07, 6.45) is -1.84. The van der Waals surface area contributed by atoms with Gasteiger partial charge in [-0.25, -0.2) is 13.8 Å². The Morgan fingerprint density at radius 2 is 1.88 bits per heavy atom. The molecule has 0 fully saturated rings. The Balaban J connectivity index is 1.53. The number of alkyl halides is 3. The highest BCUT2D eigenvalue weighted by atomic mass is 32.2. The topological polar surface area (TPSA) is 62.8 Å². The molecule has 4 aromatic rings. The lowest BCUT2D eigenvalue weighted by Gasteiger charge is -2.11. The van der Waals surface area contributed by atoms with E-state index in [1.54, 1.807) is 12.3 Å². The first-order valence-electron chi connectivity index (χ1n) is 8.86. The van der Waals surface area contributed by atoms with Gasteiger partial charge in [0.25, 0.3) is 0 Å². The second-order valence-corrected chi connectivity index (χ2v) is 7.17. The van der Waals surface area contributed by atoms with E-state index in [1.165, 1.54) is 18.3 Å². The summed E-state index contributed by atoms with van der Waals surface area (Å²) in [4.78, 5) is 4.43. The summed E-state index contributed by atoms with van der Waals surface area (Å²) in [7, 11) is 0. The van der Waals surface area contributed by atoms with Crippen molar-refractivity contribution in [1.82, 2.24) is 15.2 Å². The molecule has 0 aliphatic carbocycles. The molecule has 162 valence electrons. The van der Waals surface area contributed by atoms with Crippen LogP contribution in [0.25, 0.3) is 11.0 Å². The van der Waals surface area contributed by atoms with Gasteiger partial charge in [-0.15, -0.1) is 13.2 Å². The maximum Gasteiger partial charge on any atom is 0.573 e. The molecule has 0 saturated heterocycles. The van der Waals surface area contributed by atoms with Crippen LogP contribution in [0.4, 0.5) is 27.6 Å². The van der Waals surface area contributed by atoms with Gasteiger partial charge in [-0.3, -0.25) is 5.10 Å². The first-order valence-corrected chi connectivity index (χ1v) is 9.68. The van der Waals surface area contributed by atoms with Crippen LogP contribution in [0.3, 0.4) is 0 Å². The number of halogens is 5. The maximum atomic E-state index is 14.8. The molecule has 0 atom stereocenters. The molecule has 0 aliphatic heterocycles. The van der Waals surface area contributed by atoms with Gasteiger partial charge < -0.3 is 9.46 Å². The van der Waals surface area contributed by atoms with Crippen molar-refractivity contribution in [2.45, 2.75) is 11.3 Å². The molecule has 11 heteroatoms. The highest BCUT2D eigenvalue weighted by Crippen LogP contribution is 2.30. The van der Waals surface area contributed by atoms with Gasteiger partial charge in [-0.1, -0.05) is 17.9 Å². The van der Waals surface area contributed by atoms with Gasteiger partial charge in [0, 0.05) is 22.0 Å². The lowest BCUT2D eigenvalue weighted by atomic mass is 10.1. The minimum atomic E-state index is -4.83. The van der Waals surface area contributed by atoms with E-state index < -0.39 is 29.3 Å². The number of aromatic amines is 1. The van der Waals surface area contributed by atoms with Crippen LogP contribution in [0.2, 0.25) is 0 Å². The minimum absolute atomic E-state index is 0.0914. The van der Waals surface area contributed by atoms with Crippen molar-refractivity contribution in [3.63, 3.8) is 0 Å². The van der Waals surface area contributed by atoms with Crippen LogP contribution in [0.15, 0.2) is 59.8 Å². The van der Waals surface area contributed by atoms with Gasteiger partial charge in [-0.05, 0) is 48.3 Å². The van der Waals surface area contributed by atoms with Crippen LogP contribution >= 0.6 is 11.9 Å². The van der Waals surface area contributed by atoms with E-state index in [1.807, 2.05) is 0 Å². The summed E-state index contributed by atoms with van der Waals surface area (Å²) in [6, 6.07) is 9.00. The Morgan fingerprint density at radius 3 is 2.69 bits per heavy atom. The van der Waals surface area contributed by atoms with Crippen molar-refractivity contribution in [1.29, 1.82) is 0 Å². The van der Waals surface area contributed by atoms with E-state index in [2.05, 4.69) is 36.5 Å². The standard InChI is InChI=1S/C21H11F5N4OS/c22-17-6-7-18(30-32-15-3-1-2-14(9-15)31-21(24,25)26)19(23)16(17)5-4-12-8-13-11-28-29-20(13)27-10-12/h1-3,6-11,30H,(H,27,28,29). The predicted molar refractivity (Wildman–Crippen MR) is 109 cm³/mol. The predicted octanol–water partition coefficient (Wildman–Crippen LogP) is 5.65. The largest absolute Gasteiger partial charge is 0.573 e. The fraction of sp³-hybridized carbons (Fsp3) is 0.0476. The molecule has 0 unspecified atom stereocenters. The van der Waals surface area contributed by atoms with Crippen molar-refractivity contribution in [2.75, 3.05) is 4.72 Å². The molecule has 0 saturated carbocycles. The Labute approximate surface area is 182 Å². The van der Waals surface area contributed by atoms with E-state index in [-0.39, 0.29) is 5.69 Å². The minimum Gasteiger partial charge on any atom is -0.406 e. The third-order valence-electron chi connectivity index (χ3n) is 4.03. The molecule has 0 spiro atoms. The van der Waals surface area contributed by atoms with E-state index in [4.69, 9.17) is 0 Å². The summed E-state index contributed by atoms with van der Waals surface area (Å²) < 4.78 is 72.6. The van der Waals surface area contributed by atoms with E-state index >= 15 is 0 Å². The number of rotatable bonds is 4. The number of nitrogens with one attached hydrogen (secondary N) is 2. The summed E-state index contributed by atoms with van der Waals surface area (Å²) >= 11 is 0.831. The van der Waals surface area contributed by atoms with E-state index in [0.717, 1.165) is 36.2 Å². The molecule has 4 rings (SSSR count). The third kappa shape index (κ3) is 5.09. The SMILES string of the molecule is Fc1ccc(NSc2cccc(OC(F)(F)F)c2)c(F)c1C#Cc1cnc2[nH]ncc2c1. The average Bonchev–Trinajstić information content (AvgIpc) is 3.20. The van der Waals surface area contributed by atoms with Crippen molar-refractivity contribution in [3.8, 4) is 17.6 Å². The van der Waals surface area contributed by atoms with Crippen molar-refractivity contribution in [2.24, 2.45) is 0 Å². The Morgan fingerprint density at radius 1 is 1.03 bits per heavy atom. The fourth-order valence-electron chi connectivity index (χ4n) is 2.63. The molecular weight excluding hydrogens is 451 g/mol. The number of H-pyrrole nitrogens is 1. The lowest BCUT2D eigenvalue weighted by molar-refractivity contribution is -0.274. The number of ether oxygens (including phenoxy) is 1. The van der Waals surface area contributed by atoms with E-state index in [9.17, 15) is 22.0 Å². The van der Waals surface area contributed by atoms with Gasteiger partial charge in [-0.2, -0.15) is 5.10 Å². The van der Waals surface area contributed by atoms with Crippen LogP contribution in [0.1, 0.15) is 11.1 Å². The summed E-state index contributed by atoms with van der Waals surface area (Å²) in [5, 5.41) is 7.22. The number of hydrogen-bond acceptors (Lipinski definition) is 5. The number of hydrogen-bond donors (Lipinski definition) is 2. The molecule has 5 nitrogen and oxygen atoms in total. The monoisotopic (exact) mass is 462 g/mol. The fourth-order valence-corrected chi connectivity index (χ4v) is 3.34. The van der Waals surface area contributed by atoms with Crippen molar-refractivity contribution in [3.05, 3.63) is 77.6 Å². The van der Waals surface area contributed by atoms with Gasteiger partial charge in [0.2, 0.25) is 0 Å². The van der Waals surface area contributed by atoms with E-state index in [0.29, 0.717) is 21.5 Å². The van der Waals surface area contributed by atoms with Gasteiger partial charge in [0.1, 0.15) is 11.6 Å². The van der Waals surface area contributed by atoms with Gasteiger partial charge in [0.05, 0.1) is 17.4 Å². The second kappa shape index (κ2) is 8.76. The molecule has 2 aromatic carbocycles. The highest BCUT2D eigenvalue weighted by molar-refractivity contribution is 8.00. The van der Waals surface area contributed by atoms with Crippen LogP contribution in [-0.4, -0.2) is 21.5 Å². The smallest absolute Gasteiger partial charge is 0.406 e. The number of nitrogens with zero attached hydrogens (tertiary/aromatic N) is 2. The highest BCUT2D eigenvalue weighted by Gasteiger charge is 2.31. The number of aromatic nitrogens is 3. The Hall–Kier alpha value is -3.78. The molecule has 0 aliphatic rings. The molecule has 2 N–H and O–H groups in total. The molecule has 0 bridgehead atoms.